The van der Waals surface area contributed by atoms with Crippen LogP contribution < -0.4 is 5.32 Å². The number of rotatable bonds is 4. The summed E-state index contributed by atoms with van der Waals surface area (Å²) in [5.74, 6) is -0.406. The van der Waals surface area contributed by atoms with E-state index in [1.165, 1.54) is 0 Å². The molecule has 1 aliphatic carbocycles. The summed E-state index contributed by atoms with van der Waals surface area (Å²) in [5.41, 5.74) is -0.648. The third-order valence-corrected chi connectivity index (χ3v) is 3.43. The molecule has 1 heterocycles. The third kappa shape index (κ3) is 2.46. The largest absolute Gasteiger partial charge is 0.391 e. The highest BCUT2D eigenvalue weighted by atomic mass is 16.3. The van der Waals surface area contributed by atoms with Crippen molar-refractivity contribution in [2.24, 2.45) is 5.41 Å². The maximum Gasteiger partial charge on any atom is 0.242 e. The molecule has 94 valence electrons. The molecule has 0 aromatic heterocycles. The van der Waals surface area contributed by atoms with Crippen LogP contribution in [0.2, 0.25) is 0 Å². The predicted molar refractivity (Wildman–Crippen MR) is 60.7 cm³/mol. The molecule has 3 N–H and O–H groups in total. The van der Waals surface area contributed by atoms with Crippen LogP contribution in [-0.2, 0) is 9.59 Å². The molecule has 2 rings (SSSR count). The zero-order valence-corrected chi connectivity index (χ0v) is 9.61. The Morgan fingerprint density at radius 2 is 2.24 bits per heavy atom. The minimum atomic E-state index is -0.648. The second kappa shape index (κ2) is 4.44. The molecule has 6 heteroatoms. The molecule has 2 fully saturated rings. The Morgan fingerprint density at radius 3 is 2.71 bits per heavy atom. The average molecular weight is 239 g/mol. The molecule has 1 unspecified atom stereocenters. The number of carbonyl (C=O) groups excluding carboxylic acids is 2. The van der Waals surface area contributed by atoms with Crippen LogP contribution in [0.3, 0.4) is 0 Å². The first-order valence-corrected chi connectivity index (χ1v) is 5.83. The quantitative estimate of drug-likeness (QED) is 0.556. The maximum absolute atomic E-state index is 11.7. The average Bonchev–Trinajstić information content (AvgIpc) is 3.02. The smallest absolute Gasteiger partial charge is 0.242 e. The van der Waals surface area contributed by atoms with Crippen LogP contribution in [0.15, 0.2) is 0 Å². The summed E-state index contributed by atoms with van der Waals surface area (Å²) in [4.78, 5) is 24.9. The highest BCUT2D eigenvalue weighted by molar-refractivity contribution is 6.01. The Kier molecular flexibility index (Phi) is 3.15. The molecule has 0 spiro atoms. The van der Waals surface area contributed by atoms with Gasteiger partial charge >= 0.3 is 0 Å². The van der Waals surface area contributed by atoms with Gasteiger partial charge in [-0.15, -0.1) is 0 Å². The molecule has 2 aliphatic rings. The van der Waals surface area contributed by atoms with Crippen molar-refractivity contribution in [3.63, 3.8) is 0 Å². The number of aliphatic hydroxyl groups is 1. The Morgan fingerprint density at radius 1 is 1.53 bits per heavy atom. The Labute approximate surface area is 99.5 Å². The minimum absolute atomic E-state index is 0.0405. The summed E-state index contributed by atoms with van der Waals surface area (Å²) in [7, 11) is 0. The van der Waals surface area contributed by atoms with Gasteiger partial charge in [0.1, 0.15) is 0 Å². The van der Waals surface area contributed by atoms with Crippen LogP contribution in [0.5, 0.6) is 0 Å². The standard InChI is InChI=1S/C11H17N3O3/c12-7-11(2-3-11)10(17)13-5-9(16)14-4-1-8(15)6-14/h7-8,12,15H,1-6H2,(H,13,17). The van der Waals surface area contributed by atoms with Gasteiger partial charge in [0.2, 0.25) is 11.8 Å². The molecule has 0 bridgehead atoms. The second-order valence-corrected chi connectivity index (χ2v) is 4.77. The van der Waals surface area contributed by atoms with Crippen LogP contribution in [-0.4, -0.2) is 53.8 Å². The summed E-state index contributed by atoms with van der Waals surface area (Å²) in [6.07, 6.45) is 2.71. The van der Waals surface area contributed by atoms with Crippen LogP contribution in [0, 0.1) is 10.8 Å². The molecule has 0 aromatic carbocycles. The van der Waals surface area contributed by atoms with Gasteiger partial charge in [0.15, 0.2) is 0 Å². The lowest BCUT2D eigenvalue weighted by atomic mass is 10.1. The third-order valence-electron chi connectivity index (χ3n) is 3.43. The lowest BCUT2D eigenvalue weighted by molar-refractivity contribution is -0.133. The fourth-order valence-electron chi connectivity index (χ4n) is 1.98. The SMILES string of the molecule is N=CC1(C(=O)NCC(=O)N2CCC(O)C2)CC1. The van der Waals surface area contributed by atoms with Gasteiger partial charge in [-0.1, -0.05) is 0 Å². The monoisotopic (exact) mass is 239 g/mol. The molecule has 1 saturated carbocycles. The van der Waals surface area contributed by atoms with Crippen molar-refractivity contribution in [2.45, 2.75) is 25.4 Å². The summed E-state index contributed by atoms with van der Waals surface area (Å²) in [6, 6.07) is 0. The number of amides is 2. The van der Waals surface area contributed by atoms with E-state index >= 15 is 0 Å². The molecule has 0 radical (unpaired) electrons. The van der Waals surface area contributed by atoms with E-state index in [-0.39, 0.29) is 18.4 Å². The van der Waals surface area contributed by atoms with Crippen molar-refractivity contribution >= 4 is 18.0 Å². The lowest BCUT2D eigenvalue weighted by Crippen LogP contribution is -2.42. The zero-order valence-electron chi connectivity index (χ0n) is 9.61. The van der Waals surface area contributed by atoms with Gasteiger partial charge < -0.3 is 20.7 Å². The van der Waals surface area contributed by atoms with Gasteiger partial charge in [-0.05, 0) is 19.3 Å². The molecule has 1 saturated heterocycles. The number of hydrogen-bond donors (Lipinski definition) is 3. The molecule has 6 nitrogen and oxygen atoms in total. The van der Waals surface area contributed by atoms with E-state index in [4.69, 9.17) is 5.41 Å². The van der Waals surface area contributed by atoms with Gasteiger partial charge in [0, 0.05) is 19.3 Å². The maximum atomic E-state index is 11.7. The minimum Gasteiger partial charge on any atom is -0.391 e. The van der Waals surface area contributed by atoms with Gasteiger partial charge in [0.25, 0.3) is 0 Å². The van der Waals surface area contributed by atoms with Gasteiger partial charge in [-0.25, -0.2) is 0 Å². The Balaban J connectivity index is 1.77. The topological polar surface area (TPSA) is 93.5 Å². The fraction of sp³-hybridized carbons (Fsp3) is 0.727. The number of carbonyl (C=O) groups is 2. The van der Waals surface area contributed by atoms with E-state index in [1.54, 1.807) is 4.90 Å². The predicted octanol–water partition coefficient (Wildman–Crippen LogP) is -0.874. The van der Waals surface area contributed by atoms with E-state index in [9.17, 15) is 14.7 Å². The zero-order chi connectivity index (χ0) is 12.5. The molecule has 1 atom stereocenters. The molecular weight excluding hydrogens is 222 g/mol. The highest BCUT2D eigenvalue weighted by Gasteiger charge is 2.48. The van der Waals surface area contributed by atoms with Crippen molar-refractivity contribution < 1.29 is 14.7 Å². The van der Waals surface area contributed by atoms with Crippen LogP contribution in [0.1, 0.15) is 19.3 Å². The number of hydrogen-bond acceptors (Lipinski definition) is 4. The normalized spacial score (nSPS) is 25.5. The first kappa shape index (κ1) is 12.0. The van der Waals surface area contributed by atoms with E-state index in [1.807, 2.05) is 0 Å². The fourth-order valence-corrected chi connectivity index (χ4v) is 1.98. The van der Waals surface area contributed by atoms with Crippen molar-refractivity contribution in [1.82, 2.24) is 10.2 Å². The van der Waals surface area contributed by atoms with Crippen molar-refractivity contribution in [3.8, 4) is 0 Å². The van der Waals surface area contributed by atoms with Gasteiger partial charge in [0.05, 0.1) is 18.1 Å². The van der Waals surface area contributed by atoms with Gasteiger partial charge in [-0.2, -0.15) is 0 Å². The molecule has 0 aromatic rings. The van der Waals surface area contributed by atoms with Crippen molar-refractivity contribution in [2.75, 3.05) is 19.6 Å². The molecule has 1 aliphatic heterocycles. The van der Waals surface area contributed by atoms with Crippen LogP contribution in [0.25, 0.3) is 0 Å². The second-order valence-electron chi connectivity index (χ2n) is 4.77. The molecule has 17 heavy (non-hydrogen) atoms. The Hall–Kier alpha value is -1.43. The van der Waals surface area contributed by atoms with E-state index < -0.39 is 11.5 Å². The summed E-state index contributed by atoms with van der Waals surface area (Å²) >= 11 is 0. The van der Waals surface area contributed by atoms with E-state index in [2.05, 4.69) is 5.32 Å². The Bertz CT molecular complexity index is 352. The number of nitrogens with one attached hydrogen (secondary N) is 2. The van der Waals surface area contributed by atoms with Crippen molar-refractivity contribution in [1.29, 1.82) is 5.41 Å². The van der Waals surface area contributed by atoms with Gasteiger partial charge in [-0.3, -0.25) is 9.59 Å². The van der Waals surface area contributed by atoms with Crippen molar-refractivity contribution in [3.05, 3.63) is 0 Å². The summed E-state index contributed by atoms with van der Waals surface area (Å²) in [5, 5.41) is 19.0. The molecular formula is C11H17N3O3. The van der Waals surface area contributed by atoms with Crippen LogP contribution in [0.4, 0.5) is 0 Å². The van der Waals surface area contributed by atoms with E-state index in [0.29, 0.717) is 32.4 Å². The summed E-state index contributed by atoms with van der Waals surface area (Å²) in [6.45, 7) is 0.858. The number of aliphatic hydroxyl groups excluding tert-OH is 1. The number of β-amino-alcohol motifs (C(OH)–C–C–N with tert-alkyl or cyclic N) is 1. The lowest BCUT2D eigenvalue weighted by Gasteiger charge is -2.16. The highest BCUT2D eigenvalue weighted by Crippen LogP contribution is 2.43. The first-order valence-electron chi connectivity index (χ1n) is 5.83. The summed E-state index contributed by atoms with van der Waals surface area (Å²) < 4.78 is 0. The van der Waals surface area contributed by atoms with E-state index in [0.717, 1.165) is 6.21 Å². The number of likely N-dealkylation sites (tertiary alicyclic amines) is 1. The van der Waals surface area contributed by atoms with Crippen LogP contribution >= 0.6 is 0 Å². The number of nitrogens with zero attached hydrogens (tertiary/aromatic N) is 1. The first-order chi connectivity index (χ1) is 8.07. The molecule has 2 amide bonds.